The van der Waals surface area contributed by atoms with E-state index in [2.05, 4.69) is 15.6 Å². The smallest absolute Gasteiger partial charge is 0.126 e. The largest absolute Gasteiger partial charge is 0.467 e. The van der Waals surface area contributed by atoms with E-state index in [9.17, 15) is 0 Å². The van der Waals surface area contributed by atoms with Gasteiger partial charge >= 0.3 is 0 Å². The Labute approximate surface area is 131 Å². The third kappa shape index (κ3) is 3.72. The molecule has 0 aromatic carbocycles. The molecule has 1 atom stereocenters. The number of aryl methyl sites for hydroxylation is 1. The van der Waals surface area contributed by atoms with Crippen LogP contribution in [-0.2, 0) is 6.54 Å². The number of hydrogen-bond acceptors (Lipinski definition) is 5. The molecule has 0 fully saturated rings. The highest BCUT2D eigenvalue weighted by molar-refractivity contribution is 7.16. The van der Waals surface area contributed by atoms with Crippen molar-refractivity contribution >= 4 is 22.9 Å². The summed E-state index contributed by atoms with van der Waals surface area (Å²) in [5.74, 6) is 0.897. The second kappa shape index (κ2) is 6.89. The van der Waals surface area contributed by atoms with Gasteiger partial charge in [-0.15, -0.1) is 16.4 Å². The lowest BCUT2D eigenvalue weighted by atomic mass is 10.2. The molecule has 1 N–H and O–H groups in total. The molecule has 7 heteroatoms. The number of aromatic nitrogens is 3. The van der Waals surface area contributed by atoms with Gasteiger partial charge in [0.05, 0.1) is 16.8 Å². The zero-order valence-corrected chi connectivity index (χ0v) is 12.8. The highest BCUT2D eigenvalue weighted by Gasteiger charge is 2.18. The summed E-state index contributed by atoms with van der Waals surface area (Å²) in [5, 5.41) is 11.3. The van der Waals surface area contributed by atoms with Crippen LogP contribution < -0.4 is 5.32 Å². The third-order valence-electron chi connectivity index (χ3n) is 3.09. The van der Waals surface area contributed by atoms with Crippen LogP contribution in [0.15, 0.2) is 47.3 Å². The van der Waals surface area contributed by atoms with Gasteiger partial charge in [0.1, 0.15) is 11.8 Å². The molecule has 0 spiro atoms. The Morgan fingerprint density at radius 1 is 1.38 bits per heavy atom. The van der Waals surface area contributed by atoms with Crippen LogP contribution in [0.2, 0.25) is 4.34 Å². The van der Waals surface area contributed by atoms with E-state index in [-0.39, 0.29) is 6.04 Å². The molecule has 0 amide bonds. The zero-order valence-electron chi connectivity index (χ0n) is 11.3. The van der Waals surface area contributed by atoms with Gasteiger partial charge in [0, 0.05) is 17.6 Å². The van der Waals surface area contributed by atoms with Crippen molar-refractivity contribution in [1.29, 1.82) is 0 Å². The van der Waals surface area contributed by atoms with Crippen LogP contribution >= 0.6 is 22.9 Å². The Morgan fingerprint density at radius 2 is 2.33 bits per heavy atom. The molecule has 0 saturated carbocycles. The van der Waals surface area contributed by atoms with Crippen molar-refractivity contribution in [2.45, 2.75) is 19.0 Å². The van der Waals surface area contributed by atoms with Crippen LogP contribution in [0.5, 0.6) is 0 Å². The van der Waals surface area contributed by atoms with E-state index >= 15 is 0 Å². The van der Waals surface area contributed by atoms with Crippen molar-refractivity contribution in [2.24, 2.45) is 0 Å². The van der Waals surface area contributed by atoms with E-state index in [0.717, 1.165) is 34.5 Å². The maximum Gasteiger partial charge on any atom is 0.126 e. The second-order valence-electron chi connectivity index (χ2n) is 4.56. The number of nitrogens with zero attached hydrogens (tertiary/aromatic N) is 3. The first-order valence-electron chi connectivity index (χ1n) is 6.69. The summed E-state index contributed by atoms with van der Waals surface area (Å²) < 4.78 is 8.14. The molecule has 0 aliphatic heterocycles. The minimum absolute atomic E-state index is 0.0354. The molecule has 110 valence electrons. The summed E-state index contributed by atoms with van der Waals surface area (Å²) in [7, 11) is 0. The molecule has 5 nitrogen and oxygen atoms in total. The quantitative estimate of drug-likeness (QED) is 0.678. The van der Waals surface area contributed by atoms with Gasteiger partial charge in [-0.3, -0.25) is 4.68 Å². The lowest BCUT2D eigenvalue weighted by Gasteiger charge is -2.15. The molecule has 21 heavy (non-hydrogen) atoms. The van der Waals surface area contributed by atoms with Crippen molar-refractivity contribution < 1.29 is 4.42 Å². The van der Waals surface area contributed by atoms with Gasteiger partial charge in [-0.25, -0.2) is 0 Å². The maximum absolute atomic E-state index is 6.04. The summed E-state index contributed by atoms with van der Waals surface area (Å²) in [6, 6.07) is 7.85. The highest BCUT2D eigenvalue weighted by Crippen LogP contribution is 2.31. The number of furan rings is 1. The summed E-state index contributed by atoms with van der Waals surface area (Å²) >= 11 is 7.60. The normalized spacial score (nSPS) is 12.6. The summed E-state index contributed by atoms with van der Waals surface area (Å²) in [4.78, 5) is 1.15. The van der Waals surface area contributed by atoms with Crippen molar-refractivity contribution in [3.63, 3.8) is 0 Å². The molecular formula is C14H15ClN4OS. The van der Waals surface area contributed by atoms with Crippen LogP contribution in [0.4, 0.5) is 0 Å². The SMILES string of the molecule is Clc1ccc(C(NCCCn2ccnn2)c2ccco2)s1. The van der Waals surface area contributed by atoms with Crippen LogP contribution in [0.25, 0.3) is 0 Å². The first kappa shape index (κ1) is 14.3. The van der Waals surface area contributed by atoms with E-state index in [1.165, 1.54) is 0 Å². The molecule has 0 saturated heterocycles. The van der Waals surface area contributed by atoms with Gasteiger partial charge in [-0.2, -0.15) is 0 Å². The Morgan fingerprint density at radius 3 is 3.00 bits per heavy atom. The average molecular weight is 323 g/mol. The first-order valence-corrected chi connectivity index (χ1v) is 7.88. The van der Waals surface area contributed by atoms with Crippen molar-refractivity contribution in [3.8, 4) is 0 Å². The number of thiophene rings is 1. The van der Waals surface area contributed by atoms with Gasteiger partial charge in [0.25, 0.3) is 0 Å². The third-order valence-corrected chi connectivity index (χ3v) is 4.39. The fraction of sp³-hybridized carbons (Fsp3) is 0.286. The molecular weight excluding hydrogens is 308 g/mol. The molecule has 3 rings (SSSR count). The van der Waals surface area contributed by atoms with E-state index in [4.69, 9.17) is 16.0 Å². The maximum atomic E-state index is 6.04. The van der Waals surface area contributed by atoms with Crippen molar-refractivity contribution in [1.82, 2.24) is 20.3 Å². The number of halogens is 1. The number of rotatable bonds is 7. The van der Waals surface area contributed by atoms with Gasteiger partial charge in [-0.1, -0.05) is 16.8 Å². The van der Waals surface area contributed by atoms with Gasteiger partial charge < -0.3 is 9.73 Å². The Hall–Kier alpha value is -1.63. The van der Waals surface area contributed by atoms with Crippen LogP contribution in [-0.4, -0.2) is 21.5 Å². The fourth-order valence-electron chi connectivity index (χ4n) is 2.12. The topological polar surface area (TPSA) is 55.9 Å². The molecule has 1 unspecified atom stereocenters. The Bertz CT molecular complexity index is 650. The highest BCUT2D eigenvalue weighted by atomic mass is 35.5. The van der Waals surface area contributed by atoms with Crippen LogP contribution in [0.1, 0.15) is 23.1 Å². The lowest BCUT2D eigenvalue weighted by molar-refractivity contribution is 0.438. The summed E-state index contributed by atoms with van der Waals surface area (Å²) in [5.41, 5.74) is 0. The van der Waals surface area contributed by atoms with Gasteiger partial charge in [0.2, 0.25) is 0 Å². The minimum Gasteiger partial charge on any atom is -0.467 e. The Balaban J connectivity index is 1.60. The second-order valence-corrected chi connectivity index (χ2v) is 6.31. The number of hydrogen-bond donors (Lipinski definition) is 1. The van der Waals surface area contributed by atoms with E-state index in [1.54, 1.807) is 23.8 Å². The van der Waals surface area contributed by atoms with Crippen molar-refractivity contribution in [2.75, 3.05) is 6.54 Å². The molecule has 0 aliphatic rings. The van der Waals surface area contributed by atoms with Crippen molar-refractivity contribution in [3.05, 3.63) is 57.9 Å². The van der Waals surface area contributed by atoms with Crippen LogP contribution in [0, 0.1) is 0 Å². The predicted octanol–water partition coefficient (Wildman–Crippen LogP) is 3.36. The zero-order chi connectivity index (χ0) is 14.5. The average Bonchev–Trinajstić information content (AvgIpc) is 3.20. The minimum atomic E-state index is 0.0354. The lowest BCUT2D eigenvalue weighted by Crippen LogP contribution is -2.23. The van der Waals surface area contributed by atoms with E-state index < -0.39 is 0 Å². The fourth-order valence-corrected chi connectivity index (χ4v) is 3.26. The predicted molar refractivity (Wildman–Crippen MR) is 82.5 cm³/mol. The Kier molecular flexibility index (Phi) is 4.69. The molecule has 0 radical (unpaired) electrons. The standard InChI is InChI=1S/C14H15ClN4OS/c15-13-5-4-12(21-13)14(11-3-1-10-20-11)16-6-2-8-19-9-7-17-18-19/h1,3-5,7,9-10,14,16H,2,6,8H2. The van der Waals surface area contributed by atoms with Gasteiger partial charge in [0.15, 0.2) is 0 Å². The molecule has 0 bridgehead atoms. The number of nitrogens with one attached hydrogen (secondary N) is 1. The van der Waals surface area contributed by atoms with Crippen LogP contribution in [0.3, 0.4) is 0 Å². The van der Waals surface area contributed by atoms with E-state index in [1.807, 2.05) is 35.1 Å². The molecule has 3 aromatic heterocycles. The summed E-state index contributed by atoms with van der Waals surface area (Å²) in [6.45, 7) is 1.68. The molecule has 0 aliphatic carbocycles. The van der Waals surface area contributed by atoms with E-state index in [0.29, 0.717) is 0 Å². The van der Waals surface area contributed by atoms with Gasteiger partial charge in [-0.05, 0) is 37.2 Å². The first-order chi connectivity index (χ1) is 10.3. The monoisotopic (exact) mass is 322 g/mol. The summed E-state index contributed by atoms with van der Waals surface area (Å²) in [6.07, 6.45) is 6.20. The molecule has 3 heterocycles. The molecule has 3 aromatic rings.